The topological polar surface area (TPSA) is 92.5 Å². The maximum Gasteiger partial charge on any atom is 0.375 e. The van der Waals surface area contributed by atoms with Gasteiger partial charge >= 0.3 is 10.1 Å². The predicted octanol–water partition coefficient (Wildman–Crippen LogP) is 2.95. The van der Waals surface area contributed by atoms with Gasteiger partial charge in [-0.1, -0.05) is 47.5 Å². The number of aryl methyl sites for hydroxylation is 2. The fraction of sp³-hybridized carbons (Fsp3) is 0.333. The van der Waals surface area contributed by atoms with Crippen LogP contribution in [0.3, 0.4) is 0 Å². The highest BCUT2D eigenvalue weighted by Gasteiger charge is 2.44. The van der Waals surface area contributed by atoms with Crippen LogP contribution in [0.2, 0.25) is 0 Å². The molecule has 1 aliphatic rings. The van der Waals surface area contributed by atoms with E-state index in [0.29, 0.717) is 6.61 Å². The summed E-state index contributed by atoms with van der Waals surface area (Å²) in [5, 5.41) is 7.27. The molecule has 1 aliphatic heterocycles. The van der Waals surface area contributed by atoms with E-state index in [4.69, 9.17) is 13.7 Å². The molecule has 3 aromatic rings. The summed E-state index contributed by atoms with van der Waals surface area (Å²) < 4.78 is 44.5. The van der Waals surface area contributed by atoms with Gasteiger partial charge in [-0.2, -0.15) is 8.42 Å². The Kier molecular flexibility index (Phi) is 5.35. The minimum atomic E-state index is -4.20. The maximum atomic E-state index is 12.8. The molecule has 2 unspecified atom stereocenters. The van der Waals surface area contributed by atoms with Gasteiger partial charge in [0, 0.05) is 5.56 Å². The Labute approximate surface area is 175 Å². The number of ether oxygens (including phenoxy) is 2. The molecule has 2 aromatic carbocycles. The Bertz CT molecular complexity index is 1130. The third kappa shape index (κ3) is 4.09. The lowest BCUT2D eigenvalue weighted by Gasteiger charge is -2.29. The summed E-state index contributed by atoms with van der Waals surface area (Å²) in [6.07, 6.45) is 1.18. The molecule has 4 rings (SSSR count). The van der Waals surface area contributed by atoms with Crippen molar-refractivity contribution in [2.45, 2.75) is 44.4 Å². The molecule has 1 fully saturated rings. The zero-order valence-electron chi connectivity index (χ0n) is 17.0. The third-order valence-electron chi connectivity index (χ3n) is 4.74. The fourth-order valence-electron chi connectivity index (χ4n) is 3.58. The first-order valence-corrected chi connectivity index (χ1v) is 11.0. The second kappa shape index (κ2) is 7.82. The summed E-state index contributed by atoms with van der Waals surface area (Å²) in [5.41, 5.74) is 2.92. The number of aromatic nitrogens is 3. The van der Waals surface area contributed by atoms with E-state index in [1.165, 1.54) is 10.9 Å². The summed E-state index contributed by atoms with van der Waals surface area (Å²) in [6, 6.07) is 14.3. The van der Waals surface area contributed by atoms with Gasteiger partial charge in [0.1, 0.15) is 12.1 Å². The molecule has 1 saturated heterocycles. The van der Waals surface area contributed by atoms with Gasteiger partial charge < -0.3 is 13.7 Å². The molecule has 0 N–H and O–H groups in total. The molecule has 0 saturated carbocycles. The van der Waals surface area contributed by atoms with Gasteiger partial charge in [0.05, 0.1) is 19.3 Å². The Balaban J connectivity index is 1.70. The molecule has 8 nitrogen and oxygen atoms in total. The molecule has 1 aromatic heterocycles. The molecule has 2 heterocycles. The second-order valence-corrected chi connectivity index (χ2v) is 8.90. The highest BCUT2D eigenvalue weighted by molar-refractivity contribution is 7.86. The van der Waals surface area contributed by atoms with Gasteiger partial charge in [0.2, 0.25) is 5.79 Å². The standard InChI is InChI=1S/C21H23N3O5S/c1-15-9-16(2)11-18(10-15)21(27-12-17(3)28-21)13-24-14-22-23-20(24)30(25,26)29-19-7-5-4-6-8-19/h4-11,14,17H,12-13H2,1-3H3. The van der Waals surface area contributed by atoms with Gasteiger partial charge in [-0.15, -0.1) is 10.2 Å². The van der Waals surface area contributed by atoms with Crippen LogP contribution in [0.1, 0.15) is 23.6 Å². The molecule has 9 heteroatoms. The Morgan fingerprint density at radius 2 is 1.87 bits per heavy atom. The van der Waals surface area contributed by atoms with E-state index < -0.39 is 15.9 Å². The molecule has 158 valence electrons. The number of hydrogen-bond donors (Lipinski definition) is 0. The van der Waals surface area contributed by atoms with Crippen molar-refractivity contribution < 1.29 is 22.1 Å². The van der Waals surface area contributed by atoms with Crippen molar-refractivity contribution >= 4 is 10.1 Å². The zero-order valence-corrected chi connectivity index (χ0v) is 17.8. The van der Waals surface area contributed by atoms with E-state index in [1.807, 2.05) is 32.9 Å². The average molecular weight is 429 g/mol. The lowest BCUT2D eigenvalue weighted by Crippen LogP contribution is -2.34. The molecular formula is C21H23N3O5S. The van der Waals surface area contributed by atoms with Crippen LogP contribution < -0.4 is 4.18 Å². The predicted molar refractivity (Wildman–Crippen MR) is 108 cm³/mol. The molecule has 2 atom stereocenters. The third-order valence-corrected chi connectivity index (χ3v) is 5.91. The van der Waals surface area contributed by atoms with Crippen molar-refractivity contribution in [2.24, 2.45) is 0 Å². The molecular weight excluding hydrogens is 406 g/mol. The van der Waals surface area contributed by atoms with Crippen LogP contribution in [0.4, 0.5) is 0 Å². The largest absolute Gasteiger partial charge is 0.377 e. The molecule has 0 amide bonds. The monoisotopic (exact) mass is 429 g/mol. The van der Waals surface area contributed by atoms with Crippen LogP contribution in [0.15, 0.2) is 60.0 Å². The minimum Gasteiger partial charge on any atom is -0.377 e. The number of benzene rings is 2. The fourth-order valence-corrected chi connectivity index (χ4v) is 4.56. The van der Waals surface area contributed by atoms with Crippen LogP contribution in [-0.2, 0) is 31.9 Å². The van der Waals surface area contributed by atoms with E-state index in [9.17, 15) is 8.42 Å². The Morgan fingerprint density at radius 3 is 2.50 bits per heavy atom. The van der Waals surface area contributed by atoms with E-state index in [2.05, 4.69) is 16.3 Å². The van der Waals surface area contributed by atoms with Crippen molar-refractivity contribution in [3.05, 3.63) is 71.5 Å². The molecule has 0 aliphatic carbocycles. The first-order valence-electron chi connectivity index (χ1n) is 9.55. The molecule has 30 heavy (non-hydrogen) atoms. The van der Waals surface area contributed by atoms with E-state index in [-0.39, 0.29) is 23.6 Å². The van der Waals surface area contributed by atoms with Crippen molar-refractivity contribution in [3.63, 3.8) is 0 Å². The van der Waals surface area contributed by atoms with E-state index in [0.717, 1.165) is 16.7 Å². The van der Waals surface area contributed by atoms with Crippen molar-refractivity contribution in [1.29, 1.82) is 0 Å². The van der Waals surface area contributed by atoms with Gasteiger partial charge in [-0.05, 0) is 32.9 Å². The second-order valence-electron chi connectivity index (χ2n) is 7.46. The van der Waals surface area contributed by atoms with Gasteiger partial charge in [0.15, 0.2) is 0 Å². The number of rotatable bonds is 6. The summed E-state index contributed by atoms with van der Waals surface area (Å²) in [4.78, 5) is 0. The smallest absolute Gasteiger partial charge is 0.375 e. The van der Waals surface area contributed by atoms with Crippen molar-refractivity contribution in [2.75, 3.05) is 6.61 Å². The van der Waals surface area contributed by atoms with E-state index in [1.54, 1.807) is 30.3 Å². The first kappa shape index (κ1) is 20.5. The lowest BCUT2D eigenvalue weighted by atomic mass is 10.00. The van der Waals surface area contributed by atoms with Crippen LogP contribution in [-0.4, -0.2) is 35.9 Å². The van der Waals surface area contributed by atoms with Gasteiger partial charge in [0.25, 0.3) is 5.16 Å². The molecule has 0 spiro atoms. The lowest BCUT2D eigenvalue weighted by molar-refractivity contribution is -0.186. The van der Waals surface area contributed by atoms with Crippen LogP contribution in [0, 0.1) is 13.8 Å². The Hall–Kier alpha value is -2.75. The first-order chi connectivity index (χ1) is 14.3. The van der Waals surface area contributed by atoms with Crippen molar-refractivity contribution in [3.8, 4) is 5.75 Å². The van der Waals surface area contributed by atoms with Gasteiger partial charge in [-0.3, -0.25) is 4.57 Å². The molecule has 0 bridgehead atoms. The van der Waals surface area contributed by atoms with Crippen LogP contribution in [0.5, 0.6) is 5.75 Å². The average Bonchev–Trinajstić information content (AvgIpc) is 3.29. The summed E-state index contributed by atoms with van der Waals surface area (Å²) in [5.74, 6) is -0.965. The van der Waals surface area contributed by atoms with Gasteiger partial charge in [-0.25, -0.2) is 0 Å². The normalized spacial score (nSPS) is 21.6. The summed E-state index contributed by atoms with van der Waals surface area (Å²) in [6.45, 7) is 6.33. The highest BCUT2D eigenvalue weighted by atomic mass is 32.2. The van der Waals surface area contributed by atoms with E-state index >= 15 is 0 Å². The van der Waals surface area contributed by atoms with Crippen LogP contribution >= 0.6 is 0 Å². The highest BCUT2D eigenvalue weighted by Crippen LogP contribution is 2.37. The van der Waals surface area contributed by atoms with Crippen molar-refractivity contribution in [1.82, 2.24) is 14.8 Å². The van der Waals surface area contributed by atoms with Crippen LogP contribution in [0.25, 0.3) is 0 Å². The summed E-state index contributed by atoms with van der Waals surface area (Å²) in [7, 11) is -4.20. The maximum absolute atomic E-state index is 12.8. The zero-order chi connectivity index (χ0) is 21.4. The number of hydrogen-bond acceptors (Lipinski definition) is 7. The SMILES string of the molecule is Cc1cc(C)cc(C2(Cn3cnnc3S(=O)(=O)Oc3ccccc3)OCC(C)O2)c1. The summed E-state index contributed by atoms with van der Waals surface area (Å²) >= 11 is 0. The Morgan fingerprint density at radius 1 is 1.17 bits per heavy atom. The number of nitrogens with zero attached hydrogens (tertiary/aromatic N) is 3. The minimum absolute atomic E-state index is 0.0555. The number of para-hydroxylation sites is 1. The molecule has 0 radical (unpaired) electrons. The quantitative estimate of drug-likeness (QED) is 0.556.